The molecule has 0 spiro atoms. The third-order valence-electron chi connectivity index (χ3n) is 2.73. The minimum atomic E-state index is -0.690. The number of hydrogen-bond acceptors (Lipinski definition) is 7. The van der Waals surface area contributed by atoms with Gasteiger partial charge in [-0.2, -0.15) is 10.2 Å². The van der Waals surface area contributed by atoms with Crippen LogP contribution in [0.2, 0.25) is 0 Å². The van der Waals surface area contributed by atoms with E-state index >= 15 is 0 Å². The maximum atomic E-state index is 11.4. The van der Waals surface area contributed by atoms with Gasteiger partial charge in [-0.15, -0.1) is 0 Å². The second kappa shape index (κ2) is 6.44. The summed E-state index contributed by atoms with van der Waals surface area (Å²) in [6, 6.07) is 9.62. The van der Waals surface area contributed by atoms with Gasteiger partial charge in [-0.05, 0) is 30.3 Å². The summed E-state index contributed by atoms with van der Waals surface area (Å²) < 4.78 is 4.54. The predicted molar refractivity (Wildman–Crippen MR) is 76.7 cm³/mol. The van der Waals surface area contributed by atoms with E-state index in [0.717, 1.165) is 0 Å². The van der Waals surface area contributed by atoms with E-state index in [1.54, 1.807) is 0 Å². The van der Waals surface area contributed by atoms with Crippen LogP contribution in [0.1, 0.15) is 10.4 Å². The lowest BCUT2D eigenvalue weighted by molar-refractivity contribution is -0.384. The van der Waals surface area contributed by atoms with Crippen molar-refractivity contribution in [3.05, 3.63) is 58.1 Å². The Morgan fingerprint density at radius 1 is 1.14 bits per heavy atom. The number of phenolic OH excluding ortho intramolecular Hbond substituents is 1. The largest absolute Gasteiger partial charge is 0.507 e. The number of rotatable bonds is 4. The average molecular weight is 301 g/mol. The van der Waals surface area contributed by atoms with E-state index in [1.165, 1.54) is 49.6 Å². The molecule has 0 saturated heterocycles. The number of aromatic hydroxyl groups is 1. The lowest BCUT2D eigenvalue weighted by atomic mass is 10.2. The van der Waals surface area contributed by atoms with E-state index in [-0.39, 0.29) is 17.0 Å². The monoisotopic (exact) mass is 301 g/mol. The minimum absolute atomic E-state index is 0.0253. The molecule has 2 aromatic rings. The van der Waals surface area contributed by atoms with Crippen molar-refractivity contribution in [1.29, 1.82) is 0 Å². The third kappa shape index (κ3) is 3.42. The highest BCUT2D eigenvalue weighted by Gasteiger charge is 2.12. The molecule has 0 aliphatic rings. The highest BCUT2D eigenvalue weighted by atomic mass is 16.6. The van der Waals surface area contributed by atoms with Crippen molar-refractivity contribution in [3.8, 4) is 5.75 Å². The maximum absolute atomic E-state index is 11.4. The number of benzene rings is 2. The van der Waals surface area contributed by atoms with Crippen LogP contribution in [0, 0.1) is 10.1 Å². The number of esters is 1. The molecule has 112 valence electrons. The zero-order chi connectivity index (χ0) is 16.1. The van der Waals surface area contributed by atoms with Crippen molar-refractivity contribution >= 4 is 23.0 Å². The Labute approximate surface area is 124 Å². The molecular formula is C14H11N3O5. The molecule has 0 aromatic heterocycles. The number of nitro benzene ring substituents is 1. The summed E-state index contributed by atoms with van der Waals surface area (Å²) in [5.74, 6) is -0.911. The number of carbonyl (C=O) groups is 1. The van der Waals surface area contributed by atoms with Crippen LogP contribution in [0.3, 0.4) is 0 Å². The van der Waals surface area contributed by atoms with Crippen LogP contribution >= 0.6 is 0 Å². The highest BCUT2D eigenvalue weighted by Crippen LogP contribution is 2.26. The average Bonchev–Trinajstić information content (AvgIpc) is 2.53. The van der Waals surface area contributed by atoms with Crippen molar-refractivity contribution in [2.75, 3.05) is 7.11 Å². The lowest BCUT2D eigenvalue weighted by Gasteiger charge is -2.02. The van der Waals surface area contributed by atoms with Gasteiger partial charge in [-0.1, -0.05) is 0 Å². The predicted octanol–water partition coefficient (Wildman–Crippen LogP) is 3.50. The van der Waals surface area contributed by atoms with Gasteiger partial charge in [0.15, 0.2) is 0 Å². The van der Waals surface area contributed by atoms with Gasteiger partial charge in [0, 0.05) is 12.1 Å². The van der Waals surface area contributed by atoms with Crippen molar-refractivity contribution < 1.29 is 19.6 Å². The summed E-state index contributed by atoms with van der Waals surface area (Å²) >= 11 is 0. The van der Waals surface area contributed by atoms with Gasteiger partial charge in [0.05, 0.1) is 23.4 Å². The van der Waals surface area contributed by atoms with Gasteiger partial charge < -0.3 is 9.84 Å². The molecule has 1 N–H and O–H groups in total. The van der Waals surface area contributed by atoms with Crippen LogP contribution in [0.15, 0.2) is 52.7 Å². The Hall–Kier alpha value is -3.29. The topological polar surface area (TPSA) is 114 Å². The molecule has 22 heavy (non-hydrogen) atoms. The lowest BCUT2D eigenvalue weighted by Crippen LogP contribution is -2.00. The molecule has 2 rings (SSSR count). The molecule has 0 unspecified atom stereocenters. The minimum Gasteiger partial charge on any atom is -0.507 e. The fourth-order valence-corrected chi connectivity index (χ4v) is 1.62. The zero-order valence-corrected chi connectivity index (χ0v) is 11.5. The van der Waals surface area contributed by atoms with E-state index < -0.39 is 10.9 Å². The van der Waals surface area contributed by atoms with E-state index in [1.807, 2.05) is 0 Å². The van der Waals surface area contributed by atoms with E-state index in [2.05, 4.69) is 15.0 Å². The second-order valence-corrected chi connectivity index (χ2v) is 4.17. The van der Waals surface area contributed by atoms with Gasteiger partial charge in [-0.25, -0.2) is 4.79 Å². The Morgan fingerprint density at radius 3 is 2.32 bits per heavy atom. The Balaban J connectivity index is 2.23. The Kier molecular flexibility index (Phi) is 4.42. The number of methoxy groups -OCH3 is 1. The third-order valence-corrected chi connectivity index (χ3v) is 2.73. The summed E-state index contributed by atoms with van der Waals surface area (Å²) in [6.45, 7) is 0. The SMILES string of the molecule is COC(=O)c1cc(N=Nc2ccc([N+](=O)[O-])cc2)ccc1O. The zero-order valence-electron chi connectivity index (χ0n) is 11.5. The number of non-ortho nitro benzene ring substituents is 1. The quantitative estimate of drug-likeness (QED) is 0.401. The first-order valence-corrected chi connectivity index (χ1v) is 6.09. The molecule has 0 atom stereocenters. The molecule has 0 bridgehead atoms. The van der Waals surface area contributed by atoms with Crippen molar-refractivity contribution in [1.82, 2.24) is 0 Å². The van der Waals surface area contributed by atoms with Gasteiger partial charge in [0.1, 0.15) is 11.3 Å². The van der Waals surface area contributed by atoms with Crippen molar-refractivity contribution in [2.45, 2.75) is 0 Å². The molecule has 2 aromatic carbocycles. The molecule has 8 nitrogen and oxygen atoms in total. The number of nitro groups is 1. The number of phenols is 1. The van der Waals surface area contributed by atoms with Crippen LogP contribution in [-0.2, 0) is 4.74 Å². The summed E-state index contributed by atoms with van der Waals surface area (Å²) in [6.07, 6.45) is 0. The van der Waals surface area contributed by atoms with Crippen LogP contribution in [0.25, 0.3) is 0 Å². The standard InChI is InChI=1S/C14H11N3O5/c1-22-14(19)12-8-10(4-7-13(12)18)16-15-9-2-5-11(6-3-9)17(20)21/h2-8,18H,1H3. The van der Waals surface area contributed by atoms with Gasteiger partial charge in [0.2, 0.25) is 0 Å². The highest BCUT2D eigenvalue weighted by molar-refractivity contribution is 5.93. The molecule has 0 heterocycles. The molecule has 0 aliphatic carbocycles. The van der Waals surface area contributed by atoms with Gasteiger partial charge in [0.25, 0.3) is 5.69 Å². The molecule has 0 fully saturated rings. The maximum Gasteiger partial charge on any atom is 0.341 e. The molecule has 8 heteroatoms. The normalized spacial score (nSPS) is 10.6. The number of azo groups is 1. The summed E-state index contributed by atoms with van der Waals surface area (Å²) in [5.41, 5.74) is 0.675. The first-order chi connectivity index (χ1) is 10.5. The van der Waals surface area contributed by atoms with Crippen molar-refractivity contribution in [3.63, 3.8) is 0 Å². The Morgan fingerprint density at radius 2 is 1.73 bits per heavy atom. The van der Waals surface area contributed by atoms with E-state index in [9.17, 15) is 20.0 Å². The fraction of sp³-hybridized carbons (Fsp3) is 0.0714. The summed E-state index contributed by atoms with van der Waals surface area (Å²) in [5, 5.41) is 27.9. The van der Waals surface area contributed by atoms with Gasteiger partial charge in [-0.3, -0.25) is 10.1 Å². The number of ether oxygens (including phenoxy) is 1. The van der Waals surface area contributed by atoms with Crippen LogP contribution < -0.4 is 0 Å². The molecule has 0 radical (unpaired) electrons. The Bertz CT molecular complexity index is 741. The fourth-order valence-electron chi connectivity index (χ4n) is 1.62. The summed E-state index contributed by atoms with van der Waals surface area (Å²) in [7, 11) is 1.20. The van der Waals surface area contributed by atoms with Gasteiger partial charge >= 0.3 is 5.97 Å². The first kappa shape index (κ1) is 15.1. The smallest absolute Gasteiger partial charge is 0.341 e. The molecular weight excluding hydrogens is 290 g/mol. The molecule has 0 aliphatic heterocycles. The van der Waals surface area contributed by atoms with E-state index in [0.29, 0.717) is 11.4 Å². The number of hydrogen-bond donors (Lipinski definition) is 1. The van der Waals surface area contributed by atoms with Crippen LogP contribution in [0.5, 0.6) is 5.75 Å². The van der Waals surface area contributed by atoms with Crippen LogP contribution in [-0.4, -0.2) is 23.1 Å². The molecule has 0 amide bonds. The van der Waals surface area contributed by atoms with E-state index in [4.69, 9.17) is 0 Å². The van der Waals surface area contributed by atoms with Crippen molar-refractivity contribution in [2.24, 2.45) is 10.2 Å². The van der Waals surface area contributed by atoms with Crippen LogP contribution in [0.4, 0.5) is 17.1 Å². The number of carbonyl (C=O) groups excluding carboxylic acids is 1. The molecule has 0 saturated carbocycles. The number of nitrogens with zero attached hydrogens (tertiary/aromatic N) is 3. The first-order valence-electron chi connectivity index (χ1n) is 6.09. The second-order valence-electron chi connectivity index (χ2n) is 4.17. The summed E-state index contributed by atoms with van der Waals surface area (Å²) in [4.78, 5) is 21.5.